The van der Waals surface area contributed by atoms with Gasteiger partial charge in [0.2, 0.25) is 0 Å². The Labute approximate surface area is 82.7 Å². The summed E-state index contributed by atoms with van der Waals surface area (Å²) in [7, 11) is 0. The van der Waals surface area contributed by atoms with Crippen molar-refractivity contribution in [3.05, 3.63) is 34.9 Å². The Bertz CT molecular complexity index is 306. The molecule has 0 fully saturated rings. The van der Waals surface area contributed by atoms with Crippen LogP contribution in [0.15, 0.2) is 24.3 Å². The number of hydrogen-bond acceptors (Lipinski definition) is 2. The number of nitriles is 1. The second-order valence-corrected chi connectivity index (χ2v) is 3.03. The Morgan fingerprint density at radius 2 is 2.31 bits per heavy atom. The van der Waals surface area contributed by atoms with E-state index in [0.717, 1.165) is 5.56 Å². The monoisotopic (exact) mass is 195 g/mol. The molecule has 0 aliphatic rings. The summed E-state index contributed by atoms with van der Waals surface area (Å²) in [6.07, 6.45) is 0.431. The van der Waals surface area contributed by atoms with Gasteiger partial charge in [0, 0.05) is 5.02 Å². The van der Waals surface area contributed by atoms with Crippen LogP contribution in [0.2, 0.25) is 5.02 Å². The van der Waals surface area contributed by atoms with Crippen molar-refractivity contribution < 1.29 is 4.74 Å². The molecule has 0 aliphatic carbocycles. The van der Waals surface area contributed by atoms with Gasteiger partial charge in [0.15, 0.2) is 0 Å². The van der Waals surface area contributed by atoms with Crippen LogP contribution in [-0.2, 0) is 11.3 Å². The maximum absolute atomic E-state index is 8.26. The third-order valence-electron chi connectivity index (χ3n) is 1.52. The van der Waals surface area contributed by atoms with Gasteiger partial charge in [-0.3, -0.25) is 0 Å². The maximum atomic E-state index is 8.26. The first-order chi connectivity index (χ1) is 6.33. The van der Waals surface area contributed by atoms with Crippen LogP contribution < -0.4 is 0 Å². The summed E-state index contributed by atoms with van der Waals surface area (Å²) >= 11 is 5.78. The summed E-state index contributed by atoms with van der Waals surface area (Å²) in [4.78, 5) is 0. The lowest BCUT2D eigenvalue weighted by Crippen LogP contribution is -1.93. The van der Waals surface area contributed by atoms with E-state index in [2.05, 4.69) is 0 Å². The molecule has 0 saturated heterocycles. The Balaban J connectivity index is 2.33. The fraction of sp³-hybridized carbons (Fsp3) is 0.300. The van der Waals surface area contributed by atoms with Crippen molar-refractivity contribution in [3.63, 3.8) is 0 Å². The molecule has 68 valence electrons. The predicted octanol–water partition coefficient (Wildman–Crippen LogP) is 2.77. The summed E-state index contributed by atoms with van der Waals surface area (Å²) in [5.41, 5.74) is 1.03. The fourth-order valence-corrected chi connectivity index (χ4v) is 1.15. The van der Waals surface area contributed by atoms with Gasteiger partial charge in [0.1, 0.15) is 0 Å². The number of benzene rings is 1. The van der Waals surface area contributed by atoms with Gasteiger partial charge in [-0.2, -0.15) is 5.26 Å². The molecular weight excluding hydrogens is 186 g/mol. The van der Waals surface area contributed by atoms with E-state index in [9.17, 15) is 0 Å². The summed E-state index contributed by atoms with van der Waals surface area (Å²) in [5.74, 6) is 0. The van der Waals surface area contributed by atoms with E-state index < -0.39 is 0 Å². The van der Waals surface area contributed by atoms with E-state index in [1.807, 2.05) is 30.3 Å². The van der Waals surface area contributed by atoms with Crippen LogP contribution in [0.5, 0.6) is 0 Å². The Kier molecular flexibility index (Phi) is 4.31. The van der Waals surface area contributed by atoms with Gasteiger partial charge in [-0.25, -0.2) is 0 Å². The van der Waals surface area contributed by atoms with Gasteiger partial charge < -0.3 is 4.74 Å². The lowest BCUT2D eigenvalue weighted by Gasteiger charge is -2.01. The number of hydrogen-bond donors (Lipinski definition) is 0. The van der Waals surface area contributed by atoms with Crippen LogP contribution in [0.3, 0.4) is 0 Å². The molecule has 0 aliphatic heterocycles. The first-order valence-electron chi connectivity index (χ1n) is 4.02. The van der Waals surface area contributed by atoms with Gasteiger partial charge in [-0.05, 0) is 17.7 Å². The van der Waals surface area contributed by atoms with Crippen molar-refractivity contribution in [3.8, 4) is 6.07 Å². The molecule has 0 heterocycles. The summed E-state index contributed by atoms with van der Waals surface area (Å²) in [6, 6.07) is 9.51. The van der Waals surface area contributed by atoms with Crippen LogP contribution in [0.4, 0.5) is 0 Å². The molecule has 0 aromatic heterocycles. The van der Waals surface area contributed by atoms with Crippen LogP contribution in [0, 0.1) is 11.3 Å². The lowest BCUT2D eigenvalue weighted by molar-refractivity contribution is 0.126. The minimum Gasteiger partial charge on any atom is -0.376 e. The molecule has 13 heavy (non-hydrogen) atoms. The normalized spacial score (nSPS) is 9.54. The van der Waals surface area contributed by atoms with E-state index >= 15 is 0 Å². The molecule has 3 heteroatoms. The topological polar surface area (TPSA) is 33.0 Å². The Morgan fingerprint density at radius 1 is 1.46 bits per heavy atom. The highest BCUT2D eigenvalue weighted by Gasteiger charge is 1.93. The zero-order valence-electron chi connectivity index (χ0n) is 7.16. The first kappa shape index (κ1) is 10.0. The molecule has 1 aromatic carbocycles. The molecule has 0 spiro atoms. The minimum absolute atomic E-state index is 0.431. The van der Waals surface area contributed by atoms with E-state index in [1.165, 1.54) is 0 Å². The second kappa shape index (κ2) is 5.58. The van der Waals surface area contributed by atoms with Gasteiger partial charge in [-0.15, -0.1) is 0 Å². The van der Waals surface area contributed by atoms with Crippen molar-refractivity contribution in [1.29, 1.82) is 5.26 Å². The molecule has 0 N–H and O–H groups in total. The fourth-order valence-electron chi connectivity index (χ4n) is 0.935. The van der Waals surface area contributed by atoms with E-state index in [4.69, 9.17) is 21.6 Å². The Hall–Kier alpha value is -1.04. The highest BCUT2D eigenvalue weighted by molar-refractivity contribution is 6.30. The van der Waals surface area contributed by atoms with Crippen LogP contribution in [0.1, 0.15) is 12.0 Å². The SMILES string of the molecule is N#CCCOCc1cccc(Cl)c1. The standard InChI is InChI=1S/C10H10ClNO/c11-10-4-1-3-9(7-10)8-13-6-2-5-12/h1,3-4,7H,2,6,8H2. The smallest absolute Gasteiger partial charge is 0.0717 e. The molecule has 0 radical (unpaired) electrons. The highest BCUT2D eigenvalue weighted by atomic mass is 35.5. The Morgan fingerprint density at radius 3 is 3.00 bits per heavy atom. The van der Waals surface area contributed by atoms with Gasteiger partial charge in [0.05, 0.1) is 25.7 Å². The van der Waals surface area contributed by atoms with Crippen molar-refractivity contribution >= 4 is 11.6 Å². The molecular formula is C10H10ClNO. The number of ether oxygens (including phenoxy) is 1. The quantitative estimate of drug-likeness (QED) is 0.693. The van der Waals surface area contributed by atoms with Crippen molar-refractivity contribution in [2.24, 2.45) is 0 Å². The summed E-state index contributed by atoms with van der Waals surface area (Å²) < 4.78 is 5.23. The van der Waals surface area contributed by atoms with Crippen molar-refractivity contribution in [2.45, 2.75) is 13.0 Å². The minimum atomic E-state index is 0.431. The van der Waals surface area contributed by atoms with E-state index in [-0.39, 0.29) is 0 Å². The van der Waals surface area contributed by atoms with E-state index in [1.54, 1.807) is 0 Å². The van der Waals surface area contributed by atoms with Crippen molar-refractivity contribution in [2.75, 3.05) is 6.61 Å². The highest BCUT2D eigenvalue weighted by Crippen LogP contribution is 2.11. The summed E-state index contributed by atoms with van der Waals surface area (Å²) in [6.45, 7) is 0.991. The molecule has 0 unspecified atom stereocenters. The second-order valence-electron chi connectivity index (χ2n) is 2.59. The van der Waals surface area contributed by atoms with Gasteiger partial charge in [0.25, 0.3) is 0 Å². The number of halogens is 1. The molecule has 1 aromatic rings. The van der Waals surface area contributed by atoms with Crippen LogP contribution in [-0.4, -0.2) is 6.61 Å². The largest absolute Gasteiger partial charge is 0.376 e. The molecule has 0 saturated carbocycles. The van der Waals surface area contributed by atoms with Crippen molar-refractivity contribution in [1.82, 2.24) is 0 Å². The maximum Gasteiger partial charge on any atom is 0.0717 e. The molecule has 2 nitrogen and oxygen atoms in total. The third-order valence-corrected chi connectivity index (χ3v) is 1.75. The molecule has 1 rings (SSSR count). The molecule has 0 amide bonds. The molecule has 0 bridgehead atoms. The predicted molar refractivity (Wildman–Crippen MR) is 51.3 cm³/mol. The van der Waals surface area contributed by atoms with Crippen LogP contribution in [0.25, 0.3) is 0 Å². The average molecular weight is 196 g/mol. The third kappa shape index (κ3) is 3.93. The first-order valence-corrected chi connectivity index (χ1v) is 4.40. The average Bonchev–Trinajstić information content (AvgIpc) is 2.13. The van der Waals surface area contributed by atoms with Gasteiger partial charge in [-0.1, -0.05) is 23.7 Å². The number of rotatable bonds is 4. The molecule has 0 atom stereocenters. The van der Waals surface area contributed by atoms with E-state index in [0.29, 0.717) is 24.7 Å². The summed E-state index contributed by atoms with van der Waals surface area (Å²) in [5, 5.41) is 8.97. The van der Waals surface area contributed by atoms with Gasteiger partial charge >= 0.3 is 0 Å². The zero-order valence-corrected chi connectivity index (χ0v) is 7.92. The lowest BCUT2D eigenvalue weighted by atomic mass is 10.2. The number of nitrogens with zero attached hydrogens (tertiary/aromatic N) is 1. The van der Waals surface area contributed by atoms with Crippen LogP contribution >= 0.6 is 11.6 Å². The zero-order chi connectivity index (χ0) is 9.52.